The molecule has 0 saturated carbocycles. The number of hydrogen-bond donors (Lipinski definition) is 0. The second-order valence-electron chi connectivity index (χ2n) is 6.50. The van der Waals surface area contributed by atoms with Gasteiger partial charge < -0.3 is 4.74 Å². The Morgan fingerprint density at radius 1 is 1.24 bits per heavy atom. The number of benzene rings is 1. The monoisotopic (exact) mass is 282 g/mol. The summed E-state index contributed by atoms with van der Waals surface area (Å²) < 4.78 is 5.98. The van der Waals surface area contributed by atoms with Crippen LogP contribution in [0.2, 0.25) is 0 Å². The van der Waals surface area contributed by atoms with Crippen molar-refractivity contribution in [1.82, 2.24) is 9.88 Å². The van der Waals surface area contributed by atoms with Crippen LogP contribution in [0, 0.1) is 5.92 Å². The van der Waals surface area contributed by atoms with Gasteiger partial charge in [0.05, 0.1) is 23.4 Å². The van der Waals surface area contributed by atoms with E-state index in [1.165, 1.54) is 23.9 Å². The van der Waals surface area contributed by atoms with Crippen LogP contribution in [0.1, 0.15) is 25.5 Å². The molecule has 1 aromatic carbocycles. The lowest BCUT2D eigenvalue weighted by Gasteiger charge is -2.33. The minimum atomic E-state index is 0.443. The molecule has 2 aliphatic rings. The summed E-state index contributed by atoms with van der Waals surface area (Å²) in [5.41, 5.74) is 2.28. The second-order valence-corrected chi connectivity index (χ2v) is 6.50. The zero-order chi connectivity index (χ0) is 14.2. The molecule has 2 aromatic rings. The molecule has 0 amide bonds. The molecule has 3 heteroatoms. The fourth-order valence-corrected chi connectivity index (χ4v) is 3.84. The summed E-state index contributed by atoms with van der Waals surface area (Å²) in [5.74, 6) is 0.717. The smallest absolute Gasteiger partial charge is 0.0705 e. The van der Waals surface area contributed by atoms with Gasteiger partial charge in [-0.25, -0.2) is 0 Å². The van der Waals surface area contributed by atoms with E-state index < -0.39 is 0 Å². The van der Waals surface area contributed by atoms with Gasteiger partial charge in [0.1, 0.15) is 0 Å². The number of fused-ring (bicyclic) bond motifs is 2. The van der Waals surface area contributed by atoms with Crippen LogP contribution in [-0.4, -0.2) is 35.2 Å². The van der Waals surface area contributed by atoms with Crippen LogP contribution in [0.15, 0.2) is 36.4 Å². The first-order chi connectivity index (χ1) is 10.3. The van der Waals surface area contributed by atoms with E-state index in [4.69, 9.17) is 9.72 Å². The third-order valence-electron chi connectivity index (χ3n) is 4.83. The Bertz CT molecular complexity index is 642. The Morgan fingerprint density at radius 2 is 2.14 bits per heavy atom. The molecule has 21 heavy (non-hydrogen) atoms. The number of aromatic nitrogens is 1. The molecule has 0 spiro atoms. The third kappa shape index (κ3) is 2.68. The van der Waals surface area contributed by atoms with E-state index in [-0.39, 0.29) is 0 Å². The molecular formula is C18H22N2O. The molecule has 110 valence electrons. The first-order valence-electron chi connectivity index (χ1n) is 8.00. The Balaban J connectivity index is 1.47. The zero-order valence-corrected chi connectivity index (χ0v) is 12.5. The summed E-state index contributed by atoms with van der Waals surface area (Å²) in [6.45, 7) is 5.45. The largest absolute Gasteiger partial charge is 0.375 e. The fourth-order valence-electron chi connectivity index (χ4n) is 3.84. The topological polar surface area (TPSA) is 25.4 Å². The van der Waals surface area contributed by atoms with Crippen molar-refractivity contribution in [3.05, 3.63) is 42.1 Å². The quantitative estimate of drug-likeness (QED) is 0.845. The summed E-state index contributed by atoms with van der Waals surface area (Å²) in [4.78, 5) is 7.34. The van der Waals surface area contributed by atoms with Crippen molar-refractivity contribution < 1.29 is 4.74 Å². The van der Waals surface area contributed by atoms with Gasteiger partial charge in [-0.3, -0.25) is 9.88 Å². The van der Waals surface area contributed by atoms with Crippen molar-refractivity contribution in [2.45, 2.75) is 38.5 Å². The molecule has 3 heterocycles. The SMILES string of the molecule is C[C@H]1C[C@H]2CN(Cc3ccc4ccccc4n3)CC[C@@H]2O1. The lowest BCUT2D eigenvalue weighted by atomic mass is 9.93. The molecule has 0 N–H and O–H groups in total. The molecule has 0 unspecified atom stereocenters. The van der Waals surface area contributed by atoms with Crippen LogP contribution >= 0.6 is 0 Å². The van der Waals surface area contributed by atoms with Gasteiger partial charge in [0.25, 0.3) is 0 Å². The van der Waals surface area contributed by atoms with Gasteiger partial charge in [-0.1, -0.05) is 24.3 Å². The molecule has 0 bridgehead atoms. The van der Waals surface area contributed by atoms with E-state index in [1.54, 1.807) is 0 Å². The fraction of sp³-hybridized carbons (Fsp3) is 0.500. The van der Waals surface area contributed by atoms with Gasteiger partial charge in [-0.05, 0) is 31.9 Å². The van der Waals surface area contributed by atoms with E-state index >= 15 is 0 Å². The van der Waals surface area contributed by atoms with Crippen molar-refractivity contribution in [1.29, 1.82) is 0 Å². The number of nitrogens with zero attached hydrogens (tertiary/aromatic N) is 2. The second kappa shape index (κ2) is 5.39. The van der Waals surface area contributed by atoms with Gasteiger partial charge in [0, 0.05) is 30.9 Å². The molecule has 3 nitrogen and oxygen atoms in total. The highest BCUT2D eigenvalue weighted by atomic mass is 16.5. The average Bonchev–Trinajstić information content (AvgIpc) is 2.86. The highest BCUT2D eigenvalue weighted by Gasteiger charge is 2.37. The summed E-state index contributed by atoms with van der Waals surface area (Å²) >= 11 is 0. The maximum Gasteiger partial charge on any atom is 0.0705 e. The standard InChI is InChI=1S/C18H22N2O/c1-13-10-15-11-20(9-8-18(15)21-13)12-16-7-6-14-4-2-3-5-17(14)19-16/h2-7,13,15,18H,8-12H2,1H3/t13-,15-,18-/m0/s1. The third-order valence-corrected chi connectivity index (χ3v) is 4.83. The number of para-hydroxylation sites is 1. The summed E-state index contributed by atoms with van der Waals surface area (Å²) in [7, 11) is 0. The molecule has 0 radical (unpaired) electrons. The maximum absolute atomic E-state index is 5.98. The lowest BCUT2D eigenvalue weighted by molar-refractivity contribution is 0.00563. The Morgan fingerprint density at radius 3 is 3.10 bits per heavy atom. The molecule has 2 fully saturated rings. The minimum absolute atomic E-state index is 0.443. The molecule has 2 aliphatic heterocycles. The van der Waals surface area contributed by atoms with Gasteiger partial charge in [0.2, 0.25) is 0 Å². The summed E-state index contributed by atoms with van der Waals surface area (Å²) in [6.07, 6.45) is 3.33. The van der Waals surface area contributed by atoms with E-state index in [1.807, 2.05) is 0 Å². The molecule has 3 atom stereocenters. The van der Waals surface area contributed by atoms with Gasteiger partial charge in [-0.15, -0.1) is 0 Å². The van der Waals surface area contributed by atoms with Gasteiger partial charge in [0.15, 0.2) is 0 Å². The molecular weight excluding hydrogens is 260 g/mol. The predicted molar refractivity (Wildman–Crippen MR) is 84.1 cm³/mol. The van der Waals surface area contributed by atoms with Crippen LogP contribution in [0.4, 0.5) is 0 Å². The van der Waals surface area contributed by atoms with Crippen molar-refractivity contribution >= 4 is 10.9 Å². The van der Waals surface area contributed by atoms with Crippen molar-refractivity contribution in [3.8, 4) is 0 Å². The molecule has 2 saturated heterocycles. The Hall–Kier alpha value is -1.45. The maximum atomic E-state index is 5.98. The highest BCUT2D eigenvalue weighted by molar-refractivity contribution is 5.78. The van der Waals surface area contributed by atoms with Crippen LogP contribution in [0.25, 0.3) is 10.9 Å². The van der Waals surface area contributed by atoms with E-state index in [0.717, 1.165) is 25.2 Å². The highest BCUT2D eigenvalue weighted by Crippen LogP contribution is 2.33. The summed E-state index contributed by atoms with van der Waals surface area (Å²) in [5, 5.41) is 1.22. The molecule has 4 rings (SSSR count). The number of hydrogen-bond acceptors (Lipinski definition) is 3. The number of ether oxygens (including phenoxy) is 1. The number of pyridine rings is 1. The Labute approximate surface area is 125 Å². The minimum Gasteiger partial charge on any atom is -0.375 e. The van der Waals surface area contributed by atoms with Gasteiger partial charge >= 0.3 is 0 Å². The van der Waals surface area contributed by atoms with Crippen molar-refractivity contribution in [3.63, 3.8) is 0 Å². The van der Waals surface area contributed by atoms with Crippen LogP contribution in [0.3, 0.4) is 0 Å². The van der Waals surface area contributed by atoms with Crippen molar-refractivity contribution in [2.75, 3.05) is 13.1 Å². The molecule has 0 aliphatic carbocycles. The first kappa shape index (κ1) is 13.2. The van der Waals surface area contributed by atoms with E-state index in [0.29, 0.717) is 18.1 Å². The Kier molecular flexibility index (Phi) is 3.40. The average molecular weight is 282 g/mol. The van der Waals surface area contributed by atoms with Crippen molar-refractivity contribution in [2.24, 2.45) is 5.92 Å². The predicted octanol–water partition coefficient (Wildman–Crippen LogP) is 3.23. The van der Waals surface area contributed by atoms with Gasteiger partial charge in [-0.2, -0.15) is 0 Å². The summed E-state index contributed by atoms with van der Waals surface area (Å²) in [6, 6.07) is 12.7. The first-order valence-corrected chi connectivity index (χ1v) is 8.00. The van der Waals surface area contributed by atoms with Crippen LogP contribution < -0.4 is 0 Å². The van der Waals surface area contributed by atoms with Crippen LogP contribution in [-0.2, 0) is 11.3 Å². The number of likely N-dealkylation sites (tertiary alicyclic amines) is 1. The van der Waals surface area contributed by atoms with Crippen LogP contribution in [0.5, 0.6) is 0 Å². The van der Waals surface area contributed by atoms with E-state index in [9.17, 15) is 0 Å². The lowest BCUT2D eigenvalue weighted by Crippen LogP contribution is -2.40. The zero-order valence-electron chi connectivity index (χ0n) is 12.5. The number of rotatable bonds is 2. The normalized spacial score (nSPS) is 29.7. The number of piperidine rings is 1. The molecule has 1 aromatic heterocycles. The van der Waals surface area contributed by atoms with E-state index in [2.05, 4.69) is 48.2 Å².